The Balaban J connectivity index is 2.54. The molecule has 0 aliphatic heterocycles. The van der Waals surface area contributed by atoms with Crippen molar-refractivity contribution in [3.05, 3.63) is 0 Å². The van der Waals surface area contributed by atoms with Gasteiger partial charge in [-0.1, -0.05) is 47.0 Å². The predicted octanol–water partition coefficient (Wildman–Crippen LogP) is 4.96. The van der Waals surface area contributed by atoms with Gasteiger partial charge in [-0.3, -0.25) is 0 Å². The van der Waals surface area contributed by atoms with Gasteiger partial charge in [-0.05, 0) is 57.0 Å². The fourth-order valence-corrected chi connectivity index (χ4v) is 3.76. The summed E-state index contributed by atoms with van der Waals surface area (Å²) in [5, 5.41) is 0. The standard InChI is InChI=1S/C17H35N/c1-7-8-9-12-17(3,4)15-11-10-14(2)16(13-15)18(5)6/h14-16H,7-13H2,1-6H3. The summed E-state index contributed by atoms with van der Waals surface area (Å²) >= 11 is 0. The molecule has 1 aliphatic carbocycles. The molecule has 1 fully saturated rings. The van der Waals surface area contributed by atoms with Gasteiger partial charge in [0.25, 0.3) is 0 Å². The van der Waals surface area contributed by atoms with E-state index in [4.69, 9.17) is 0 Å². The lowest BCUT2D eigenvalue weighted by Gasteiger charge is -2.45. The van der Waals surface area contributed by atoms with E-state index in [2.05, 4.69) is 46.7 Å². The SMILES string of the molecule is CCCCCC(C)(C)C1CCC(C)C(N(C)C)C1. The minimum absolute atomic E-state index is 0.545. The van der Waals surface area contributed by atoms with E-state index in [1.54, 1.807) is 0 Å². The quantitative estimate of drug-likeness (QED) is 0.605. The van der Waals surface area contributed by atoms with Gasteiger partial charge in [-0.15, -0.1) is 0 Å². The highest BCUT2D eigenvalue weighted by molar-refractivity contribution is 4.89. The first-order valence-electron chi connectivity index (χ1n) is 8.05. The van der Waals surface area contributed by atoms with Crippen LogP contribution >= 0.6 is 0 Å². The first kappa shape index (κ1) is 16.0. The molecule has 0 amide bonds. The maximum atomic E-state index is 2.51. The second-order valence-electron chi connectivity index (χ2n) is 7.46. The molecule has 0 N–H and O–H groups in total. The van der Waals surface area contributed by atoms with Gasteiger partial charge in [-0.25, -0.2) is 0 Å². The van der Waals surface area contributed by atoms with Crippen LogP contribution < -0.4 is 0 Å². The minimum atomic E-state index is 0.545. The van der Waals surface area contributed by atoms with Crippen molar-refractivity contribution in [1.29, 1.82) is 0 Å². The molecule has 0 saturated heterocycles. The molecule has 0 heterocycles. The van der Waals surface area contributed by atoms with E-state index in [1.807, 2.05) is 0 Å². The molecule has 1 saturated carbocycles. The lowest BCUT2D eigenvalue weighted by atomic mass is 9.65. The summed E-state index contributed by atoms with van der Waals surface area (Å²) in [6.45, 7) is 9.76. The third kappa shape index (κ3) is 4.26. The van der Waals surface area contributed by atoms with Crippen molar-refractivity contribution < 1.29 is 0 Å². The van der Waals surface area contributed by atoms with Crippen LogP contribution in [0.5, 0.6) is 0 Å². The highest BCUT2D eigenvalue weighted by atomic mass is 15.1. The van der Waals surface area contributed by atoms with Crippen LogP contribution in [-0.2, 0) is 0 Å². The van der Waals surface area contributed by atoms with E-state index in [-0.39, 0.29) is 0 Å². The van der Waals surface area contributed by atoms with Crippen molar-refractivity contribution in [3.63, 3.8) is 0 Å². The van der Waals surface area contributed by atoms with Crippen LogP contribution in [0, 0.1) is 17.3 Å². The van der Waals surface area contributed by atoms with Gasteiger partial charge >= 0.3 is 0 Å². The second kappa shape index (κ2) is 6.93. The van der Waals surface area contributed by atoms with Gasteiger partial charge in [0.15, 0.2) is 0 Å². The Hall–Kier alpha value is -0.0400. The third-order valence-electron chi connectivity index (χ3n) is 5.35. The Morgan fingerprint density at radius 1 is 1.11 bits per heavy atom. The molecule has 0 spiro atoms. The van der Waals surface area contributed by atoms with Crippen LogP contribution in [-0.4, -0.2) is 25.0 Å². The fraction of sp³-hybridized carbons (Fsp3) is 1.00. The lowest BCUT2D eigenvalue weighted by molar-refractivity contribution is 0.0606. The highest BCUT2D eigenvalue weighted by Gasteiger charge is 2.36. The molecule has 108 valence electrons. The Labute approximate surface area is 115 Å². The van der Waals surface area contributed by atoms with Gasteiger partial charge < -0.3 is 4.90 Å². The van der Waals surface area contributed by atoms with Crippen LogP contribution in [0.3, 0.4) is 0 Å². The molecule has 1 rings (SSSR count). The Bertz CT molecular complexity index is 232. The zero-order valence-electron chi connectivity index (χ0n) is 13.6. The Morgan fingerprint density at radius 3 is 2.33 bits per heavy atom. The molecule has 0 aromatic rings. The van der Waals surface area contributed by atoms with Gasteiger partial charge in [-0.2, -0.15) is 0 Å². The molecule has 0 bridgehead atoms. The molecule has 3 atom stereocenters. The highest BCUT2D eigenvalue weighted by Crippen LogP contribution is 2.44. The second-order valence-corrected chi connectivity index (χ2v) is 7.46. The summed E-state index contributed by atoms with van der Waals surface area (Å²) in [4.78, 5) is 2.46. The zero-order valence-corrected chi connectivity index (χ0v) is 13.6. The molecule has 3 unspecified atom stereocenters. The fourth-order valence-electron chi connectivity index (χ4n) is 3.76. The van der Waals surface area contributed by atoms with Gasteiger partial charge in [0.2, 0.25) is 0 Å². The number of hydrogen-bond acceptors (Lipinski definition) is 1. The maximum Gasteiger partial charge on any atom is 0.0118 e. The van der Waals surface area contributed by atoms with Crippen LogP contribution in [0.25, 0.3) is 0 Å². The molecule has 1 nitrogen and oxygen atoms in total. The summed E-state index contributed by atoms with van der Waals surface area (Å²) in [6.07, 6.45) is 9.87. The average molecular weight is 253 g/mol. The maximum absolute atomic E-state index is 2.51. The van der Waals surface area contributed by atoms with Gasteiger partial charge in [0.1, 0.15) is 0 Å². The van der Waals surface area contributed by atoms with E-state index in [0.29, 0.717) is 5.41 Å². The van der Waals surface area contributed by atoms with E-state index in [9.17, 15) is 0 Å². The summed E-state index contributed by atoms with van der Waals surface area (Å²) < 4.78 is 0. The Kier molecular flexibility index (Phi) is 6.17. The van der Waals surface area contributed by atoms with Crippen molar-refractivity contribution in [2.24, 2.45) is 17.3 Å². The Morgan fingerprint density at radius 2 is 1.78 bits per heavy atom. The summed E-state index contributed by atoms with van der Waals surface area (Å²) in [5.41, 5.74) is 0.545. The first-order valence-corrected chi connectivity index (χ1v) is 8.05. The largest absolute Gasteiger partial charge is 0.306 e. The zero-order chi connectivity index (χ0) is 13.8. The van der Waals surface area contributed by atoms with Gasteiger partial charge in [0.05, 0.1) is 0 Å². The lowest BCUT2D eigenvalue weighted by Crippen LogP contribution is -2.42. The van der Waals surface area contributed by atoms with Crippen molar-refractivity contribution in [2.75, 3.05) is 14.1 Å². The van der Waals surface area contributed by atoms with E-state index in [1.165, 1.54) is 44.9 Å². The van der Waals surface area contributed by atoms with E-state index in [0.717, 1.165) is 17.9 Å². The number of nitrogens with zero attached hydrogens (tertiary/aromatic N) is 1. The van der Waals surface area contributed by atoms with Crippen LogP contribution in [0.15, 0.2) is 0 Å². The van der Waals surface area contributed by atoms with E-state index >= 15 is 0 Å². The normalized spacial score (nSPS) is 29.8. The molecule has 18 heavy (non-hydrogen) atoms. The smallest absolute Gasteiger partial charge is 0.0118 e. The van der Waals surface area contributed by atoms with Crippen molar-refractivity contribution in [3.8, 4) is 0 Å². The molecular weight excluding hydrogens is 218 g/mol. The topological polar surface area (TPSA) is 3.24 Å². The van der Waals surface area contributed by atoms with Crippen LogP contribution in [0.4, 0.5) is 0 Å². The average Bonchev–Trinajstić information content (AvgIpc) is 2.29. The predicted molar refractivity (Wildman–Crippen MR) is 81.9 cm³/mol. The van der Waals surface area contributed by atoms with E-state index < -0.39 is 0 Å². The summed E-state index contributed by atoms with van der Waals surface area (Å²) in [6, 6.07) is 0.800. The number of unbranched alkanes of at least 4 members (excludes halogenated alkanes) is 2. The number of rotatable bonds is 6. The third-order valence-corrected chi connectivity index (χ3v) is 5.35. The molecule has 0 aromatic heterocycles. The minimum Gasteiger partial charge on any atom is -0.306 e. The van der Waals surface area contributed by atoms with Crippen molar-refractivity contribution in [1.82, 2.24) is 4.90 Å². The monoisotopic (exact) mass is 253 g/mol. The number of hydrogen-bond donors (Lipinski definition) is 0. The van der Waals surface area contributed by atoms with Gasteiger partial charge in [0, 0.05) is 6.04 Å². The van der Waals surface area contributed by atoms with Crippen LogP contribution in [0.1, 0.15) is 72.6 Å². The first-order chi connectivity index (χ1) is 8.38. The van der Waals surface area contributed by atoms with Crippen molar-refractivity contribution >= 4 is 0 Å². The molecular formula is C17H35N. The summed E-state index contributed by atoms with van der Waals surface area (Å²) in [7, 11) is 4.52. The molecule has 0 radical (unpaired) electrons. The summed E-state index contributed by atoms with van der Waals surface area (Å²) in [5.74, 6) is 1.81. The molecule has 0 aromatic carbocycles. The molecule has 1 heteroatoms. The van der Waals surface area contributed by atoms with Crippen molar-refractivity contribution in [2.45, 2.75) is 78.7 Å². The molecule has 1 aliphatic rings. The van der Waals surface area contributed by atoms with Crippen LogP contribution in [0.2, 0.25) is 0 Å².